The molecule has 0 heterocycles. The molecule has 1 aromatic carbocycles. The van der Waals surface area contributed by atoms with E-state index >= 15 is 0 Å². The van der Waals surface area contributed by atoms with E-state index in [1.165, 1.54) is 31.7 Å². The third kappa shape index (κ3) is 3.45. The first-order valence-corrected chi connectivity index (χ1v) is 6.89. The van der Waals surface area contributed by atoms with Crippen LogP contribution in [0.15, 0.2) is 24.3 Å². The van der Waals surface area contributed by atoms with Crippen LogP contribution in [0.2, 0.25) is 0 Å². The standard InChI is InChI=1S/C15H23FN2/c1-18(14-8-5-7-13(16)10-14)11-12-6-3-2-4-9-15(12)17/h5,7-8,10,12,15H,2-4,6,9,11,17H2,1H3. The van der Waals surface area contributed by atoms with E-state index in [1.807, 2.05) is 13.1 Å². The maximum absolute atomic E-state index is 13.2. The second-order valence-corrected chi connectivity index (χ2v) is 5.42. The molecule has 1 aromatic rings. The number of anilines is 1. The van der Waals surface area contributed by atoms with Gasteiger partial charge < -0.3 is 10.6 Å². The lowest BCUT2D eigenvalue weighted by atomic mass is 9.95. The minimum absolute atomic E-state index is 0.176. The predicted octanol–water partition coefficient (Wildman–Crippen LogP) is 3.17. The number of hydrogen-bond donors (Lipinski definition) is 1. The van der Waals surface area contributed by atoms with Gasteiger partial charge in [0.1, 0.15) is 5.82 Å². The molecule has 1 fully saturated rings. The fourth-order valence-corrected chi connectivity index (χ4v) is 2.81. The van der Waals surface area contributed by atoms with Gasteiger partial charge in [-0.05, 0) is 37.0 Å². The van der Waals surface area contributed by atoms with Gasteiger partial charge in [-0.2, -0.15) is 0 Å². The van der Waals surface area contributed by atoms with E-state index in [0.29, 0.717) is 12.0 Å². The predicted molar refractivity (Wildman–Crippen MR) is 74.2 cm³/mol. The summed E-state index contributed by atoms with van der Waals surface area (Å²) in [5, 5.41) is 0. The van der Waals surface area contributed by atoms with Crippen molar-refractivity contribution in [2.75, 3.05) is 18.5 Å². The smallest absolute Gasteiger partial charge is 0.125 e. The van der Waals surface area contributed by atoms with Crippen LogP contribution < -0.4 is 10.6 Å². The molecule has 0 aliphatic heterocycles. The Bertz CT molecular complexity index is 381. The average molecular weight is 250 g/mol. The van der Waals surface area contributed by atoms with Crippen molar-refractivity contribution in [3.05, 3.63) is 30.1 Å². The maximum Gasteiger partial charge on any atom is 0.125 e. The Kier molecular flexibility index (Phi) is 4.59. The van der Waals surface area contributed by atoms with Gasteiger partial charge in [-0.25, -0.2) is 4.39 Å². The summed E-state index contributed by atoms with van der Waals surface area (Å²) in [5.41, 5.74) is 7.17. The summed E-state index contributed by atoms with van der Waals surface area (Å²) in [4.78, 5) is 2.12. The fraction of sp³-hybridized carbons (Fsp3) is 0.600. The summed E-state index contributed by atoms with van der Waals surface area (Å²) in [6.07, 6.45) is 6.15. The van der Waals surface area contributed by atoms with Crippen molar-refractivity contribution in [1.82, 2.24) is 0 Å². The van der Waals surface area contributed by atoms with E-state index in [9.17, 15) is 4.39 Å². The molecule has 0 radical (unpaired) electrons. The van der Waals surface area contributed by atoms with Crippen molar-refractivity contribution in [2.45, 2.75) is 38.1 Å². The molecule has 2 unspecified atom stereocenters. The van der Waals surface area contributed by atoms with Crippen LogP contribution in [-0.2, 0) is 0 Å². The fourth-order valence-electron chi connectivity index (χ4n) is 2.81. The highest BCUT2D eigenvalue weighted by Crippen LogP contribution is 2.24. The lowest BCUT2D eigenvalue weighted by molar-refractivity contribution is 0.401. The van der Waals surface area contributed by atoms with Crippen molar-refractivity contribution >= 4 is 5.69 Å². The van der Waals surface area contributed by atoms with Crippen molar-refractivity contribution < 1.29 is 4.39 Å². The highest BCUT2D eigenvalue weighted by Gasteiger charge is 2.21. The molecule has 0 aromatic heterocycles. The zero-order valence-electron chi connectivity index (χ0n) is 11.1. The third-order valence-electron chi connectivity index (χ3n) is 3.98. The number of nitrogens with zero attached hydrogens (tertiary/aromatic N) is 1. The first kappa shape index (κ1) is 13.3. The molecule has 0 bridgehead atoms. The lowest BCUT2D eigenvalue weighted by Gasteiger charge is -2.28. The second-order valence-electron chi connectivity index (χ2n) is 5.42. The van der Waals surface area contributed by atoms with Crippen LogP contribution in [0.5, 0.6) is 0 Å². The van der Waals surface area contributed by atoms with Gasteiger partial charge >= 0.3 is 0 Å². The van der Waals surface area contributed by atoms with Crippen LogP contribution in [0.1, 0.15) is 32.1 Å². The Hall–Kier alpha value is -1.09. The molecule has 1 saturated carbocycles. The van der Waals surface area contributed by atoms with E-state index in [1.54, 1.807) is 12.1 Å². The zero-order valence-corrected chi connectivity index (χ0v) is 11.1. The van der Waals surface area contributed by atoms with Crippen LogP contribution in [-0.4, -0.2) is 19.6 Å². The highest BCUT2D eigenvalue weighted by molar-refractivity contribution is 5.45. The maximum atomic E-state index is 13.2. The molecule has 1 aliphatic carbocycles. The number of rotatable bonds is 3. The Morgan fingerprint density at radius 3 is 2.83 bits per heavy atom. The molecule has 2 atom stereocenters. The quantitative estimate of drug-likeness (QED) is 0.835. The summed E-state index contributed by atoms with van der Waals surface area (Å²) in [6.45, 7) is 0.921. The first-order chi connectivity index (χ1) is 8.66. The number of halogens is 1. The molecule has 2 nitrogen and oxygen atoms in total. The lowest BCUT2D eigenvalue weighted by Crippen LogP contribution is -2.37. The summed E-state index contributed by atoms with van der Waals surface area (Å²) in [6, 6.07) is 7.07. The zero-order chi connectivity index (χ0) is 13.0. The van der Waals surface area contributed by atoms with E-state index in [4.69, 9.17) is 5.73 Å². The van der Waals surface area contributed by atoms with Gasteiger partial charge in [-0.15, -0.1) is 0 Å². The van der Waals surface area contributed by atoms with Gasteiger partial charge in [0.15, 0.2) is 0 Å². The number of hydrogen-bond acceptors (Lipinski definition) is 2. The largest absolute Gasteiger partial charge is 0.374 e. The molecule has 0 amide bonds. The SMILES string of the molecule is CN(CC1CCCCCC1N)c1cccc(F)c1. The summed E-state index contributed by atoms with van der Waals surface area (Å²) >= 11 is 0. The summed E-state index contributed by atoms with van der Waals surface area (Å²) in [5.74, 6) is 0.352. The second kappa shape index (κ2) is 6.19. The minimum Gasteiger partial charge on any atom is -0.374 e. The Morgan fingerprint density at radius 2 is 2.06 bits per heavy atom. The molecule has 1 aliphatic rings. The molecule has 0 saturated heterocycles. The average Bonchev–Trinajstić information content (AvgIpc) is 2.55. The van der Waals surface area contributed by atoms with Crippen LogP contribution in [0, 0.1) is 11.7 Å². The van der Waals surface area contributed by atoms with Crippen LogP contribution in [0.3, 0.4) is 0 Å². The van der Waals surface area contributed by atoms with E-state index in [0.717, 1.165) is 18.7 Å². The van der Waals surface area contributed by atoms with Gasteiger partial charge in [0.25, 0.3) is 0 Å². The number of benzene rings is 1. The molecule has 2 N–H and O–H groups in total. The van der Waals surface area contributed by atoms with Gasteiger partial charge in [0.2, 0.25) is 0 Å². The van der Waals surface area contributed by atoms with E-state index < -0.39 is 0 Å². The van der Waals surface area contributed by atoms with Gasteiger partial charge in [0.05, 0.1) is 0 Å². The van der Waals surface area contributed by atoms with E-state index in [-0.39, 0.29) is 5.82 Å². The minimum atomic E-state index is -0.176. The van der Waals surface area contributed by atoms with Crippen LogP contribution >= 0.6 is 0 Å². The van der Waals surface area contributed by atoms with E-state index in [2.05, 4.69) is 4.90 Å². The van der Waals surface area contributed by atoms with Gasteiger partial charge in [-0.1, -0.05) is 25.3 Å². The number of nitrogens with two attached hydrogens (primary N) is 1. The summed E-state index contributed by atoms with van der Waals surface area (Å²) in [7, 11) is 2.02. The summed E-state index contributed by atoms with van der Waals surface area (Å²) < 4.78 is 13.2. The Morgan fingerprint density at radius 1 is 1.28 bits per heavy atom. The van der Waals surface area contributed by atoms with Crippen molar-refractivity contribution in [3.63, 3.8) is 0 Å². The molecule has 18 heavy (non-hydrogen) atoms. The normalized spacial score (nSPS) is 24.6. The highest BCUT2D eigenvalue weighted by atomic mass is 19.1. The molecule has 3 heteroatoms. The van der Waals surface area contributed by atoms with Crippen LogP contribution in [0.25, 0.3) is 0 Å². The Balaban J connectivity index is 1.99. The molecule has 2 rings (SSSR count). The van der Waals surface area contributed by atoms with Crippen LogP contribution in [0.4, 0.5) is 10.1 Å². The monoisotopic (exact) mass is 250 g/mol. The molecule has 100 valence electrons. The molecular weight excluding hydrogens is 227 g/mol. The first-order valence-electron chi connectivity index (χ1n) is 6.89. The topological polar surface area (TPSA) is 29.3 Å². The van der Waals surface area contributed by atoms with Crippen molar-refractivity contribution in [2.24, 2.45) is 11.7 Å². The molecular formula is C15H23FN2. The molecule has 0 spiro atoms. The van der Waals surface area contributed by atoms with Gasteiger partial charge in [0, 0.05) is 25.3 Å². The third-order valence-corrected chi connectivity index (χ3v) is 3.98. The van der Waals surface area contributed by atoms with Crippen molar-refractivity contribution in [1.29, 1.82) is 0 Å². The van der Waals surface area contributed by atoms with Crippen molar-refractivity contribution in [3.8, 4) is 0 Å². The van der Waals surface area contributed by atoms with Gasteiger partial charge in [-0.3, -0.25) is 0 Å². The Labute approximate surface area is 109 Å².